The number of nitrogens with zero attached hydrogens (tertiary/aromatic N) is 2. The predicted octanol–water partition coefficient (Wildman–Crippen LogP) is 6.07. The quantitative estimate of drug-likeness (QED) is 0.212. The number of ether oxygens (including phenoxy) is 2. The molecule has 2 aliphatic heterocycles. The lowest BCUT2D eigenvalue weighted by Crippen LogP contribution is -2.49. The Morgan fingerprint density at radius 1 is 1.14 bits per heavy atom. The first-order valence-corrected chi connectivity index (χ1v) is 14.7. The second kappa shape index (κ2) is 12.9. The van der Waals surface area contributed by atoms with Crippen molar-refractivity contribution < 1.29 is 36.2 Å². The largest absolute Gasteiger partial charge is 0.465 e. The molecular formula is C32H38F5N3O3. The van der Waals surface area contributed by atoms with E-state index in [0.29, 0.717) is 48.1 Å². The second-order valence-electron chi connectivity index (χ2n) is 11.9. The number of nitrogens with one attached hydrogen (secondary N) is 1. The molecule has 1 unspecified atom stereocenters. The fourth-order valence-electron chi connectivity index (χ4n) is 6.80. The number of benzene rings is 2. The summed E-state index contributed by atoms with van der Waals surface area (Å²) in [5.74, 6) is -5.23. The molecule has 6 nitrogen and oxygen atoms in total. The number of fused-ring (bicyclic) bond motifs is 3. The van der Waals surface area contributed by atoms with Crippen molar-refractivity contribution in [2.45, 2.75) is 50.6 Å². The third kappa shape index (κ3) is 6.58. The number of methoxy groups -OCH3 is 2. The molecule has 0 saturated carbocycles. The molecule has 43 heavy (non-hydrogen) atoms. The maximum absolute atomic E-state index is 16.1. The monoisotopic (exact) mass is 607 g/mol. The normalized spacial score (nSPS) is 21.4. The zero-order valence-electron chi connectivity index (χ0n) is 24.7. The molecule has 5 rings (SSSR count). The van der Waals surface area contributed by atoms with Crippen LogP contribution in [0.5, 0.6) is 0 Å². The van der Waals surface area contributed by atoms with Crippen LogP contribution in [-0.2, 0) is 22.3 Å². The van der Waals surface area contributed by atoms with Crippen LogP contribution in [0.25, 0.3) is 10.9 Å². The van der Waals surface area contributed by atoms with Gasteiger partial charge in [0.05, 0.1) is 31.9 Å². The lowest BCUT2D eigenvalue weighted by molar-refractivity contribution is -0.0966. The number of likely N-dealkylation sites (tertiary alicyclic amines) is 1. The Labute approximate surface area is 248 Å². The number of carbonyl (C=O) groups excluding carboxylic acids is 1. The van der Waals surface area contributed by atoms with Gasteiger partial charge in [0.1, 0.15) is 18.2 Å². The number of hydrogen-bond donors (Lipinski definition) is 1. The van der Waals surface area contributed by atoms with Crippen LogP contribution in [0, 0.1) is 17.6 Å². The van der Waals surface area contributed by atoms with E-state index in [1.165, 1.54) is 31.3 Å². The van der Waals surface area contributed by atoms with Crippen molar-refractivity contribution >= 4 is 16.9 Å². The van der Waals surface area contributed by atoms with E-state index >= 15 is 8.78 Å². The second-order valence-corrected chi connectivity index (χ2v) is 11.9. The van der Waals surface area contributed by atoms with Crippen LogP contribution in [-0.4, -0.2) is 86.4 Å². The molecule has 1 fully saturated rings. The van der Waals surface area contributed by atoms with E-state index in [2.05, 4.69) is 9.88 Å². The molecule has 1 saturated heterocycles. The van der Waals surface area contributed by atoms with Crippen molar-refractivity contribution in [3.8, 4) is 0 Å². The van der Waals surface area contributed by atoms with Crippen LogP contribution in [0.3, 0.4) is 0 Å². The zero-order valence-corrected chi connectivity index (χ0v) is 24.7. The number of H-pyrrole nitrogens is 1. The van der Waals surface area contributed by atoms with Gasteiger partial charge < -0.3 is 19.4 Å². The number of halogens is 5. The smallest absolute Gasteiger partial charge is 0.337 e. The summed E-state index contributed by atoms with van der Waals surface area (Å²) in [6.07, 6.45) is 2.13. The number of aromatic nitrogens is 1. The fourth-order valence-corrected chi connectivity index (χ4v) is 6.80. The summed E-state index contributed by atoms with van der Waals surface area (Å²) < 4.78 is 84.3. The van der Waals surface area contributed by atoms with Crippen molar-refractivity contribution in [2.75, 3.05) is 53.7 Å². The molecule has 0 aliphatic carbocycles. The molecule has 234 valence electrons. The van der Waals surface area contributed by atoms with Crippen LogP contribution >= 0.6 is 0 Å². The highest BCUT2D eigenvalue weighted by atomic mass is 19.3. The molecular weight excluding hydrogens is 569 g/mol. The summed E-state index contributed by atoms with van der Waals surface area (Å²) in [7, 11) is 2.45. The average molecular weight is 608 g/mol. The van der Waals surface area contributed by atoms with Crippen molar-refractivity contribution in [1.29, 1.82) is 0 Å². The number of alkyl halides is 3. The number of aromatic amines is 1. The van der Waals surface area contributed by atoms with Crippen LogP contribution in [0.2, 0.25) is 0 Å². The van der Waals surface area contributed by atoms with Crippen LogP contribution < -0.4 is 0 Å². The molecule has 11 heteroatoms. The average Bonchev–Trinajstić information content (AvgIpc) is 3.55. The lowest BCUT2D eigenvalue weighted by atomic mass is 9.86. The first-order valence-electron chi connectivity index (χ1n) is 14.7. The Kier molecular flexibility index (Phi) is 9.43. The molecule has 3 heterocycles. The van der Waals surface area contributed by atoms with Gasteiger partial charge in [-0.15, -0.1) is 0 Å². The van der Waals surface area contributed by atoms with E-state index in [1.807, 2.05) is 0 Å². The Balaban J connectivity index is 1.54. The van der Waals surface area contributed by atoms with Crippen molar-refractivity contribution in [3.05, 3.63) is 69.9 Å². The molecule has 0 bridgehead atoms. The number of esters is 1. The molecule has 0 radical (unpaired) electrons. The summed E-state index contributed by atoms with van der Waals surface area (Å²) in [6.45, 7) is 1.99. The van der Waals surface area contributed by atoms with Crippen LogP contribution in [0.15, 0.2) is 30.3 Å². The highest BCUT2D eigenvalue weighted by Crippen LogP contribution is 2.44. The standard InChI is InChI=1S/C32H38F5N3O3/c1-19-11-24-23-6-5-22(31(41)43-3)15-27(23)38-29(24)30(40(19)17-32(36,37)18-42-2)28-25(34)13-21(14-26(28)35)12-20-7-10-39(16-20)9-4-8-33/h5-6,13-15,19-20,30,38H,4,7-12,16-18H2,1-3H3/t19-,20?,30-/m1/s1. The third-order valence-electron chi connectivity index (χ3n) is 8.72. The molecule has 0 amide bonds. The van der Waals surface area contributed by atoms with Gasteiger partial charge in [-0.2, -0.15) is 0 Å². The molecule has 3 atom stereocenters. The topological polar surface area (TPSA) is 57.8 Å². The third-order valence-corrected chi connectivity index (χ3v) is 8.72. The van der Waals surface area contributed by atoms with E-state index < -0.39 is 48.8 Å². The minimum absolute atomic E-state index is 0.188. The number of carbonyl (C=O) groups is 1. The molecule has 1 N–H and O–H groups in total. The molecule has 3 aromatic rings. The van der Waals surface area contributed by atoms with Gasteiger partial charge in [0.25, 0.3) is 5.92 Å². The van der Waals surface area contributed by atoms with Gasteiger partial charge in [-0.3, -0.25) is 9.29 Å². The van der Waals surface area contributed by atoms with Gasteiger partial charge in [0, 0.05) is 48.4 Å². The summed E-state index contributed by atoms with van der Waals surface area (Å²) in [6, 6.07) is 5.90. The minimum Gasteiger partial charge on any atom is -0.465 e. The Morgan fingerprint density at radius 2 is 1.88 bits per heavy atom. The lowest BCUT2D eigenvalue weighted by Gasteiger charge is -2.42. The molecule has 2 aliphatic rings. The maximum atomic E-state index is 16.1. The minimum atomic E-state index is -3.27. The van der Waals surface area contributed by atoms with Gasteiger partial charge in [-0.25, -0.2) is 22.4 Å². The van der Waals surface area contributed by atoms with E-state index in [4.69, 9.17) is 9.47 Å². The first-order chi connectivity index (χ1) is 20.5. The van der Waals surface area contributed by atoms with Crippen molar-refractivity contribution in [2.24, 2.45) is 5.92 Å². The molecule has 2 aromatic carbocycles. The highest BCUT2D eigenvalue weighted by Gasteiger charge is 2.44. The number of rotatable bonds is 11. The van der Waals surface area contributed by atoms with Gasteiger partial charge in [-0.05, 0) is 80.5 Å². The summed E-state index contributed by atoms with van der Waals surface area (Å²) in [5, 5.41) is 0.749. The summed E-state index contributed by atoms with van der Waals surface area (Å²) >= 11 is 0. The molecule has 0 spiro atoms. The van der Waals surface area contributed by atoms with Crippen LogP contribution in [0.1, 0.15) is 58.5 Å². The van der Waals surface area contributed by atoms with Crippen molar-refractivity contribution in [1.82, 2.24) is 14.8 Å². The van der Waals surface area contributed by atoms with E-state index in [-0.39, 0.29) is 18.2 Å². The van der Waals surface area contributed by atoms with Gasteiger partial charge >= 0.3 is 5.97 Å². The predicted molar refractivity (Wildman–Crippen MR) is 153 cm³/mol. The Bertz CT molecular complexity index is 1440. The van der Waals surface area contributed by atoms with Gasteiger partial charge in [-0.1, -0.05) is 6.07 Å². The van der Waals surface area contributed by atoms with Crippen molar-refractivity contribution in [3.63, 3.8) is 0 Å². The number of hydrogen-bond acceptors (Lipinski definition) is 5. The van der Waals surface area contributed by atoms with E-state index in [1.54, 1.807) is 25.1 Å². The SMILES string of the molecule is COCC(F)(F)CN1[C@H](c2c(F)cc(CC3CCN(CCCF)C3)cc2F)c2[nH]c3cc(C(=O)OC)ccc3c2C[C@H]1C. The maximum Gasteiger partial charge on any atom is 0.337 e. The van der Waals surface area contributed by atoms with Gasteiger partial charge in [0.15, 0.2) is 0 Å². The fraction of sp³-hybridized carbons (Fsp3) is 0.531. The Hall–Kier alpha value is -3.02. The van der Waals surface area contributed by atoms with Crippen LogP contribution in [0.4, 0.5) is 22.0 Å². The summed E-state index contributed by atoms with van der Waals surface area (Å²) in [5.41, 5.74) is 2.20. The zero-order chi connectivity index (χ0) is 30.9. The Morgan fingerprint density at radius 3 is 2.56 bits per heavy atom. The first kappa shape index (κ1) is 31.4. The van der Waals surface area contributed by atoms with E-state index in [9.17, 15) is 18.0 Å². The van der Waals surface area contributed by atoms with Gasteiger partial charge in [0.2, 0.25) is 0 Å². The van der Waals surface area contributed by atoms with E-state index in [0.717, 1.165) is 30.5 Å². The summed E-state index contributed by atoms with van der Waals surface area (Å²) in [4.78, 5) is 19.0. The molecule has 1 aromatic heterocycles. The highest BCUT2D eigenvalue weighted by molar-refractivity contribution is 5.96.